The van der Waals surface area contributed by atoms with Crippen LogP contribution < -0.4 is 20.5 Å². The van der Waals surface area contributed by atoms with Gasteiger partial charge in [-0.25, -0.2) is 4.99 Å². The summed E-state index contributed by atoms with van der Waals surface area (Å²) in [5.41, 5.74) is 8.32. The maximum Gasteiger partial charge on any atom is 0.345 e. The van der Waals surface area contributed by atoms with E-state index in [0.29, 0.717) is 24.3 Å². The Morgan fingerprint density at radius 2 is 1.86 bits per heavy atom. The summed E-state index contributed by atoms with van der Waals surface area (Å²) in [6.45, 7) is 9.80. The van der Waals surface area contributed by atoms with E-state index in [-0.39, 0.29) is 43.1 Å². The molecule has 0 saturated heterocycles. The number of benzene rings is 2. The molecular weight excluding hydrogens is 558 g/mol. The van der Waals surface area contributed by atoms with Crippen molar-refractivity contribution in [2.45, 2.75) is 92.5 Å². The number of carbonyl (C=O) groups excluding carboxylic acids is 2. The third kappa shape index (κ3) is 11.8. The van der Waals surface area contributed by atoms with Gasteiger partial charge in [-0.3, -0.25) is 14.5 Å². The Morgan fingerprint density at radius 3 is 2.47 bits per heavy atom. The SMILES string of the molecule is CC.CC.CCOc1ccc(C(=O)NC)cc1CN1C(=O)CC(CC)N=C1N.FC(F)OCC1CCc2ccccc2O1. The second kappa shape index (κ2) is 20.2. The molecule has 2 unspecified atom stereocenters. The number of nitrogens with one attached hydrogen (secondary N) is 1. The van der Waals surface area contributed by atoms with Crippen molar-refractivity contribution < 1.29 is 32.6 Å². The fourth-order valence-electron chi connectivity index (χ4n) is 4.28. The van der Waals surface area contributed by atoms with E-state index in [9.17, 15) is 18.4 Å². The molecule has 0 aromatic heterocycles. The predicted octanol–water partition coefficient (Wildman–Crippen LogP) is 5.94. The van der Waals surface area contributed by atoms with E-state index >= 15 is 0 Å². The number of fused-ring (bicyclic) bond motifs is 1. The fourth-order valence-corrected chi connectivity index (χ4v) is 4.28. The Morgan fingerprint density at radius 1 is 1.16 bits per heavy atom. The molecule has 0 aliphatic carbocycles. The van der Waals surface area contributed by atoms with Crippen LogP contribution in [0.5, 0.6) is 11.5 Å². The van der Waals surface area contributed by atoms with Crippen LogP contribution in [0, 0.1) is 0 Å². The lowest BCUT2D eigenvalue weighted by Crippen LogP contribution is -2.46. The first-order chi connectivity index (χ1) is 20.7. The summed E-state index contributed by atoms with van der Waals surface area (Å²) >= 11 is 0. The Labute approximate surface area is 254 Å². The number of alkyl halides is 2. The van der Waals surface area contributed by atoms with Gasteiger partial charge in [0.05, 0.1) is 25.8 Å². The molecule has 2 atom stereocenters. The number of hydrogen-bond donors (Lipinski definition) is 2. The number of nitrogens with two attached hydrogens (primary N) is 1. The number of para-hydroxylation sites is 1. The van der Waals surface area contributed by atoms with Gasteiger partial charge in [-0.15, -0.1) is 0 Å². The van der Waals surface area contributed by atoms with Gasteiger partial charge in [0.25, 0.3) is 5.91 Å². The molecule has 0 bridgehead atoms. The Balaban J connectivity index is 0.000000416. The van der Waals surface area contributed by atoms with Gasteiger partial charge in [0.2, 0.25) is 5.91 Å². The normalized spacial score (nSPS) is 16.9. The molecule has 2 heterocycles. The number of guanidine groups is 1. The van der Waals surface area contributed by atoms with Crippen LogP contribution in [-0.2, 0) is 22.5 Å². The summed E-state index contributed by atoms with van der Waals surface area (Å²) in [6, 6.07) is 12.7. The number of halogens is 2. The molecule has 0 fully saturated rings. The van der Waals surface area contributed by atoms with Crippen LogP contribution >= 0.6 is 0 Å². The molecule has 2 amide bonds. The number of carbonyl (C=O) groups is 2. The highest BCUT2D eigenvalue weighted by Crippen LogP contribution is 2.27. The van der Waals surface area contributed by atoms with Gasteiger partial charge in [0.1, 0.15) is 17.6 Å². The quantitative estimate of drug-likeness (QED) is 0.365. The van der Waals surface area contributed by atoms with Crippen LogP contribution in [-0.4, -0.2) is 61.7 Å². The lowest BCUT2D eigenvalue weighted by molar-refractivity contribution is -0.146. The van der Waals surface area contributed by atoms with Gasteiger partial charge in [0, 0.05) is 24.6 Å². The summed E-state index contributed by atoms with van der Waals surface area (Å²) in [6.07, 6.45) is 2.44. The average molecular weight is 607 g/mol. The lowest BCUT2D eigenvalue weighted by Gasteiger charge is -2.29. The van der Waals surface area contributed by atoms with Crippen molar-refractivity contribution in [1.29, 1.82) is 0 Å². The summed E-state index contributed by atoms with van der Waals surface area (Å²) < 4.78 is 39.0. The minimum absolute atomic E-state index is 0.0496. The van der Waals surface area contributed by atoms with Crippen molar-refractivity contribution in [2.24, 2.45) is 10.7 Å². The highest BCUT2D eigenvalue weighted by atomic mass is 19.3. The van der Waals surface area contributed by atoms with E-state index in [1.54, 1.807) is 25.2 Å². The monoisotopic (exact) mass is 606 g/mol. The number of amides is 2. The van der Waals surface area contributed by atoms with Crippen LogP contribution in [0.3, 0.4) is 0 Å². The van der Waals surface area contributed by atoms with E-state index < -0.39 is 6.61 Å². The Bertz CT molecular complexity index is 1160. The second-order valence-corrected chi connectivity index (χ2v) is 9.05. The minimum Gasteiger partial charge on any atom is -0.494 e. The zero-order chi connectivity index (χ0) is 32.4. The summed E-state index contributed by atoms with van der Waals surface area (Å²) in [5.74, 6) is 1.36. The smallest absolute Gasteiger partial charge is 0.345 e. The van der Waals surface area contributed by atoms with Crippen molar-refractivity contribution in [3.8, 4) is 11.5 Å². The first-order valence-electron chi connectivity index (χ1n) is 15.0. The minimum atomic E-state index is -2.72. The van der Waals surface area contributed by atoms with Crippen LogP contribution in [0.1, 0.15) is 82.3 Å². The van der Waals surface area contributed by atoms with Crippen LogP contribution in [0.15, 0.2) is 47.5 Å². The number of aryl methyl sites for hydroxylation is 1. The summed E-state index contributed by atoms with van der Waals surface area (Å²) in [4.78, 5) is 30.0. The van der Waals surface area contributed by atoms with Crippen LogP contribution in [0.25, 0.3) is 0 Å². The topological polar surface area (TPSA) is 115 Å². The van der Waals surface area contributed by atoms with Gasteiger partial charge in [0.15, 0.2) is 5.96 Å². The van der Waals surface area contributed by atoms with Gasteiger partial charge in [-0.2, -0.15) is 8.78 Å². The van der Waals surface area contributed by atoms with E-state index in [2.05, 4.69) is 15.0 Å². The molecule has 11 heteroatoms. The third-order valence-electron chi connectivity index (χ3n) is 6.36. The molecule has 4 rings (SSSR count). The van der Waals surface area contributed by atoms with Crippen molar-refractivity contribution in [3.63, 3.8) is 0 Å². The predicted molar refractivity (Wildman–Crippen MR) is 166 cm³/mol. The van der Waals surface area contributed by atoms with Gasteiger partial charge < -0.3 is 25.3 Å². The zero-order valence-corrected chi connectivity index (χ0v) is 26.5. The van der Waals surface area contributed by atoms with E-state index in [1.807, 2.05) is 65.8 Å². The molecule has 0 saturated carbocycles. The van der Waals surface area contributed by atoms with Crippen LogP contribution in [0.2, 0.25) is 0 Å². The zero-order valence-electron chi connectivity index (χ0n) is 26.5. The summed E-state index contributed by atoms with van der Waals surface area (Å²) in [7, 11) is 1.57. The van der Waals surface area contributed by atoms with Gasteiger partial charge >= 0.3 is 6.61 Å². The number of ether oxygens (including phenoxy) is 3. The third-order valence-corrected chi connectivity index (χ3v) is 6.36. The van der Waals surface area contributed by atoms with Crippen molar-refractivity contribution in [3.05, 3.63) is 59.2 Å². The molecule has 0 spiro atoms. The molecule has 2 aliphatic heterocycles. The number of rotatable bonds is 9. The first-order valence-corrected chi connectivity index (χ1v) is 15.0. The second-order valence-electron chi connectivity index (χ2n) is 9.05. The average Bonchev–Trinajstić information content (AvgIpc) is 3.04. The maximum atomic E-state index is 12.4. The van der Waals surface area contributed by atoms with Crippen LogP contribution in [0.4, 0.5) is 8.78 Å². The molecule has 3 N–H and O–H groups in total. The fraction of sp³-hybridized carbons (Fsp3) is 0.531. The van der Waals surface area contributed by atoms with E-state index in [4.69, 9.17) is 15.2 Å². The highest BCUT2D eigenvalue weighted by molar-refractivity contribution is 5.98. The highest BCUT2D eigenvalue weighted by Gasteiger charge is 2.27. The molecule has 9 nitrogen and oxygen atoms in total. The van der Waals surface area contributed by atoms with Crippen molar-refractivity contribution in [2.75, 3.05) is 20.3 Å². The largest absolute Gasteiger partial charge is 0.494 e. The number of aliphatic imine (C=N–C) groups is 1. The number of nitrogens with zero attached hydrogens (tertiary/aromatic N) is 2. The van der Waals surface area contributed by atoms with Crippen molar-refractivity contribution >= 4 is 17.8 Å². The van der Waals surface area contributed by atoms with E-state index in [0.717, 1.165) is 36.1 Å². The number of hydrogen-bond acceptors (Lipinski definition) is 7. The molecule has 43 heavy (non-hydrogen) atoms. The molecule has 0 radical (unpaired) electrons. The molecule has 240 valence electrons. The van der Waals surface area contributed by atoms with E-state index in [1.165, 1.54) is 4.90 Å². The summed E-state index contributed by atoms with van der Waals surface area (Å²) in [5, 5.41) is 2.59. The molecule has 2 aliphatic rings. The molecule has 2 aromatic carbocycles. The lowest BCUT2D eigenvalue weighted by atomic mass is 10.0. The van der Waals surface area contributed by atoms with Gasteiger partial charge in [-0.05, 0) is 56.0 Å². The first kappa shape index (κ1) is 37.3. The standard InChI is InChI=1S/C17H24N4O3.C11H12F2O2.2C2H6/c1-4-13-9-15(22)21(17(18)20-13)10-12-8-11(16(23)19-3)6-7-14(12)24-5-2;12-11(13)14-7-9-6-5-8-3-1-2-4-10(8)15-9;2*1-2/h6-8,13H,4-5,9-10H2,1-3H3,(H2,18,20)(H,19,23);1-4,9,11H,5-7H2;2*1-2H3. The Hall–Kier alpha value is -3.73. The van der Waals surface area contributed by atoms with Gasteiger partial charge in [-0.1, -0.05) is 52.8 Å². The maximum absolute atomic E-state index is 12.4. The van der Waals surface area contributed by atoms with Crippen molar-refractivity contribution in [1.82, 2.24) is 10.2 Å². The Kier molecular flexibility index (Phi) is 17.5. The molecule has 2 aromatic rings. The molecular formula is C32H48F2N4O5.